The van der Waals surface area contributed by atoms with Crippen molar-refractivity contribution in [1.82, 2.24) is 19.8 Å². The van der Waals surface area contributed by atoms with Crippen LogP contribution in [0.25, 0.3) is 16.6 Å². The van der Waals surface area contributed by atoms with E-state index in [4.69, 9.17) is 9.72 Å². The Labute approximate surface area is 165 Å². The number of nitrogens with zero attached hydrogens (tertiary/aromatic N) is 3. The minimum Gasteiger partial charge on any atom is -0.492 e. The number of nitrogens with one attached hydrogen (secondary N) is 1. The molecule has 0 aliphatic heterocycles. The number of benzene rings is 2. The number of hydrogen-bond donors (Lipinski definition) is 1. The van der Waals surface area contributed by atoms with Crippen molar-refractivity contribution in [1.29, 1.82) is 0 Å². The first-order valence-corrected chi connectivity index (χ1v) is 9.65. The highest BCUT2D eigenvalue weighted by Crippen LogP contribution is 2.25. The fourth-order valence-electron chi connectivity index (χ4n) is 3.19. The second-order valence-electron chi connectivity index (χ2n) is 7.01. The summed E-state index contributed by atoms with van der Waals surface area (Å²) in [5, 5.41) is 4.07. The number of likely N-dealkylation sites (N-methyl/N-ethyl adjacent to an activating group) is 1. The summed E-state index contributed by atoms with van der Waals surface area (Å²) in [5.41, 5.74) is 1.33. The molecule has 1 atom stereocenters. The van der Waals surface area contributed by atoms with Crippen molar-refractivity contribution >= 4 is 10.9 Å². The molecule has 6 heteroatoms. The summed E-state index contributed by atoms with van der Waals surface area (Å²) < 4.78 is 7.47. The van der Waals surface area contributed by atoms with Crippen LogP contribution in [0.4, 0.5) is 0 Å². The van der Waals surface area contributed by atoms with Crippen molar-refractivity contribution < 1.29 is 4.74 Å². The molecule has 6 nitrogen and oxygen atoms in total. The Balaban J connectivity index is 2.17. The van der Waals surface area contributed by atoms with Crippen LogP contribution in [-0.2, 0) is 0 Å². The Hall–Kier alpha value is -2.70. The topological polar surface area (TPSA) is 59.4 Å². The van der Waals surface area contributed by atoms with E-state index in [1.54, 1.807) is 4.57 Å². The van der Waals surface area contributed by atoms with Crippen LogP contribution < -0.4 is 15.6 Å². The van der Waals surface area contributed by atoms with Gasteiger partial charge in [-0.2, -0.15) is 0 Å². The number of rotatable bonds is 8. The van der Waals surface area contributed by atoms with Gasteiger partial charge < -0.3 is 15.0 Å². The van der Waals surface area contributed by atoms with Gasteiger partial charge in [-0.3, -0.25) is 9.36 Å². The van der Waals surface area contributed by atoms with Crippen LogP contribution in [0.3, 0.4) is 0 Å². The minimum atomic E-state index is -0.105. The number of fused-ring (bicyclic) bond motifs is 1. The number of hydrogen-bond acceptors (Lipinski definition) is 5. The third-order valence-electron chi connectivity index (χ3n) is 4.60. The molecule has 1 aromatic heterocycles. The Morgan fingerprint density at radius 1 is 1.14 bits per heavy atom. The van der Waals surface area contributed by atoms with Gasteiger partial charge >= 0.3 is 0 Å². The van der Waals surface area contributed by atoms with Gasteiger partial charge in [-0.25, -0.2) is 4.98 Å². The second-order valence-corrected chi connectivity index (χ2v) is 7.01. The molecule has 1 heterocycles. The summed E-state index contributed by atoms with van der Waals surface area (Å²) in [4.78, 5) is 20.4. The summed E-state index contributed by atoms with van der Waals surface area (Å²) in [5.74, 6) is 1.35. The zero-order valence-corrected chi connectivity index (χ0v) is 17.0. The van der Waals surface area contributed by atoms with Gasteiger partial charge in [0.1, 0.15) is 11.6 Å². The fraction of sp³-hybridized carbons (Fsp3) is 0.364. The quantitative estimate of drug-likeness (QED) is 0.651. The summed E-state index contributed by atoms with van der Waals surface area (Å²) in [6.07, 6.45) is 0. The Morgan fingerprint density at radius 2 is 1.86 bits per heavy atom. The van der Waals surface area contributed by atoms with E-state index >= 15 is 0 Å². The standard InChI is InChI=1S/C22H28N4O2/c1-5-28-20-13-9-8-12-19(20)26-21(16(2)23-14-15-25(3)4)24-18-11-7-6-10-17(18)22(26)27/h6-13,16,23H,5,14-15H2,1-4H3. The van der Waals surface area contributed by atoms with E-state index in [9.17, 15) is 4.79 Å². The van der Waals surface area contributed by atoms with Crippen molar-refractivity contribution in [2.45, 2.75) is 19.9 Å². The zero-order valence-electron chi connectivity index (χ0n) is 17.0. The van der Waals surface area contributed by atoms with Gasteiger partial charge in [0.2, 0.25) is 0 Å². The first kappa shape index (κ1) is 20.0. The number of para-hydroxylation sites is 3. The smallest absolute Gasteiger partial charge is 0.266 e. The Kier molecular flexibility index (Phi) is 6.44. The van der Waals surface area contributed by atoms with E-state index in [0.717, 1.165) is 13.1 Å². The molecule has 0 spiro atoms. The lowest BCUT2D eigenvalue weighted by Gasteiger charge is -2.22. The van der Waals surface area contributed by atoms with Crippen LogP contribution in [0.1, 0.15) is 25.7 Å². The van der Waals surface area contributed by atoms with Gasteiger partial charge in [0.25, 0.3) is 5.56 Å². The highest BCUT2D eigenvalue weighted by molar-refractivity contribution is 5.78. The van der Waals surface area contributed by atoms with Crippen molar-refractivity contribution in [3.63, 3.8) is 0 Å². The first-order valence-electron chi connectivity index (χ1n) is 9.65. The third-order valence-corrected chi connectivity index (χ3v) is 4.60. The van der Waals surface area contributed by atoms with Crippen LogP contribution >= 0.6 is 0 Å². The van der Waals surface area contributed by atoms with Gasteiger partial charge in [0, 0.05) is 13.1 Å². The molecule has 0 fully saturated rings. The molecular formula is C22H28N4O2. The SMILES string of the molecule is CCOc1ccccc1-n1c(C(C)NCCN(C)C)nc2ccccc2c1=O. The van der Waals surface area contributed by atoms with Gasteiger partial charge in [0.15, 0.2) is 0 Å². The highest BCUT2D eigenvalue weighted by atomic mass is 16.5. The maximum atomic E-state index is 13.4. The third kappa shape index (κ3) is 4.24. The zero-order chi connectivity index (χ0) is 20.1. The molecule has 3 rings (SSSR count). The van der Waals surface area contributed by atoms with Crippen molar-refractivity contribution in [3.05, 3.63) is 64.7 Å². The van der Waals surface area contributed by atoms with E-state index in [-0.39, 0.29) is 11.6 Å². The average Bonchev–Trinajstić information content (AvgIpc) is 2.68. The lowest BCUT2D eigenvalue weighted by atomic mass is 10.2. The predicted octanol–water partition coefficient (Wildman–Crippen LogP) is 3.00. The summed E-state index contributed by atoms with van der Waals surface area (Å²) in [7, 11) is 4.07. The van der Waals surface area contributed by atoms with E-state index in [1.165, 1.54) is 0 Å². The van der Waals surface area contributed by atoms with E-state index in [0.29, 0.717) is 34.8 Å². The molecule has 0 bridgehead atoms. The summed E-state index contributed by atoms with van der Waals surface area (Å²) in [6, 6.07) is 15.0. The van der Waals surface area contributed by atoms with E-state index < -0.39 is 0 Å². The molecule has 1 N–H and O–H groups in total. The van der Waals surface area contributed by atoms with Crippen LogP contribution in [0.2, 0.25) is 0 Å². The fourth-order valence-corrected chi connectivity index (χ4v) is 3.19. The van der Waals surface area contributed by atoms with Gasteiger partial charge in [-0.1, -0.05) is 24.3 Å². The van der Waals surface area contributed by atoms with E-state index in [1.807, 2.05) is 76.5 Å². The van der Waals surface area contributed by atoms with Crippen molar-refractivity contribution in [2.75, 3.05) is 33.8 Å². The normalized spacial score (nSPS) is 12.5. The van der Waals surface area contributed by atoms with Crippen molar-refractivity contribution in [3.8, 4) is 11.4 Å². The average molecular weight is 380 g/mol. The Bertz CT molecular complexity index is 997. The molecule has 1 unspecified atom stereocenters. The molecule has 2 aromatic carbocycles. The molecule has 0 saturated carbocycles. The predicted molar refractivity (Wildman–Crippen MR) is 113 cm³/mol. The number of ether oxygens (including phenoxy) is 1. The highest BCUT2D eigenvalue weighted by Gasteiger charge is 2.19. The second kappa shape index (κ2) is 8.99. The summed E-state index contributed by atoms with van der Waals surface area (Å²) in [6.45, 7) is 6.19. The molecule has 0 saturated heterocycles. The Morgan fingerprint density at radius 3 is 2.61 bits per heavy atom. The molecule has 3 aromatic rings. The first-order chi connectivity index (χ1) is 13.5. The molecule has 0 aliphatic carbocycles. The van der Waals surface area contributed by atoms with Gasteiger partial charge in [0.05, 0.1) is 29.2 Å². The lowest BCUT2D eigenvalue weighted by molar-refractivity contribution is 0.338. The molecule has 0 amide bonds. The minimum absolute atomic E-state index is 0.0889. The van der Waals surface area contributed by atoms with Crippen LogP contribution in [-0.4, -0.2) is 48.2 Å². The molecule has 0 aliphatic rings. The molecule has 0 radical (unpaired) electrons. The monoisotopic (exact) mass is 380 g/mol. The van der Waals surface area contributed by atoms with Crippen LogP contribution in [0.15, 0.2) is 53.3 Å². The largest absolute Gasteiger partial charge is 0.492 e. The summed E-state index contributed by atoms with van der Waals surface area (Å²) >= 11 is 0. The van der Waals surface area contributed by atoms with Gasteiger partial charge in [-0.15, -0.1) is 0 Å². The van der Waals surface area contributed by atoms with E-state index in [2.05, 4.69) is 10.2 Å². The lowest BCUT2D eigenvalue weighted by Crippen LogP contribution is -2.33. The molecule has 28 heavy (non-hydrogen) atoms. The maximum absolute atomic E-state index is 13.4. The maximum Gasteiger partial charge on any atom is 0.266 e. The van der Waals surface area contributed by atoms with Crippen molar-refractivity contribution in [2.24, 2.45) is 0 Å². The van der Waals surface area contributed by atoms with Gasteiger partial charge in [-0.05, 0) is 52.2 Å². The van der Waals surface area contributed by atoms with Crippen LogP contribution in [0, 0.1) is 0 Å². The van der Waals surface area contributed by atoms with Crippen LogP contribution in [0.5, 0.6) is 5.75 Å². The number of aromatic nitrogens is 2. The molecular weight excluding hydrogens is 352 g/mol. The molecule has 148 valence electrons.